The molecule has 4 aromatic carbocycles. The Hall–Kier alpha value is -5.11. The summed E-state index contributed by atoms with van der Waals surface area (Å²) < 4.78 is 1.81. The normalized spacial score (nSPS) is 11.2. The highest BCUT2D eigenvalue weighted by Crippen LogP contribution is 2.30. The summed E-state index contributed by atoms with van der Waals surface area (Å²) in [6.07, 6.45) is 3.24. The Morgan fingerprint density at radius 3 is 2.39 bits per heavy atom. The Morgan fingerprint density at radius 1 is 0.878 bits per heavy atom. The minimum Gasteiger partial charge on any atom is -0.508 e. The van der Waals surface area contributed by atoms with Crippen LogP contribution in [0.15, 0.2) is 95.8 Å². The SMILES string of the molecule is CCCCc1nc2ccc(Cc3ccccc3O)cc2c(=O)n1Cc1ccc(-c2ccccc2-c2nnn[nH]2)cc1. The van der Waals surface area contributed by atoms with E-state index in [0.717, 1.165) is 58.5 Å². The van der Waals surface area contributed by atoms with Crippen LogP contribution in [-0.4, -0.2) is 35.3 Å². The first-order valence-corrected chi connectivity index (χ1v) is 13.8. The molecule has 2 N–H and O–H groups in total. The second-order valence-corrected chi connectivity index (χ2v) is 10.2. The number of phenols is 1. The van der Waals surface area contributed by atoms with Gasteiger partial charge in [0.2, 0.25) is 0 Å². The molecule has 204 valence electrons. The number of fused-ring (bicyclic) bond motifs is 1. The Balaban J connectivity index is 1.34. The monoisotopic (exact) mass is 542 g/mol. The van der Waals surface area contributed by atoms with Crippen LogP contribution in [0, 0.1) is 0 Å². The predicted molar refractivity (Wildman–Crippen MR) is 160 cm³/mol. The maximum absolute atomic E-state index is 13.9. The van der Waals surface area contributed by atoms with Crippen molar-refractivity contribution in [2.45, 2.75) is 39.2 Å². The lowest BCUT2D eigenvalue weighted by Gasteiger charge is -2.15. The van der Waals surface area contributed by atoms with Gasteiger partial charge in [-0.1, -0.05) is 86.1 Å². The number of H-pyrrole nitrogens is 1. The fourth-order valence-electron chi connectivity index (χ4n) is 5.18. The smallest absolute Gasteiger partial charge is 0.261 e. The molecule has 0 radical (unpaired) electrons. The zero-order chi connectivity index (χ0) is 28.2. The number of hydrogen-bond donors (Lipinski definition) is 2. The first-order valence-electron chi connectivity index (χ1n) is 13.8. The van der Waals surface area contributed by atoms with Gasteiger partial charge < -0.3 is 5.11 Å². The highest BCUT2D eigenvalue weighted by Gasteiger charge is 2.14. The van der Waals surface area contributed by atoms with E-state index in [0.29, 0.717) is 29.7 Å². The molecule has 0 spiro atoms. The van der Waals surface area contributed by atoms with Crippen LogP contribution in [-0.2, 0) is 19.4 Å². The van der Waals surface area contributed by atoms with E-state index in [1.54, 1.807) is 12.1 Å². The molecule has 8 nitrogen and oxygen atoms in total. The molecule has 2 heterocycles. The van der Waals surface area contributed by atoms with Crippen LogP contribution in [0.1, 0.15) is 42.3 Å². The minimum atomic E-state index is -0.0486. The van der Waals surface area contributed by atoms with Gasteiger partial charge in [-0.3, -0.25) is 9.36 Å². The third kappa shape index (κ3) is 5.49. The first kappa shape index (κ1) is 26.1. The van der Waals surface area contributed by atoms with Gasteiger partial charge in [-0.25, -0.2) is 10.1 Å². The zero-order valence-electron chi connectivity index (χ0n) is 22.8. The van der Waals surface area contributed by atoms with Gasteiger partial charge in [-0.15, -0.1) is 5.10 Å². The molecule has 0 bridgehead atoms. The number of tetrazole rings is 1. The number of aromatic nitrogens is 6. The van der Waals surface area contributed by atoms with Gasteiger partial charge in [0.15, 0.2) is 5.82 Å². The van der Waals surface area contributed by atoms with Gasteiger partial charge >= 0.3 is 0 Å². The van der Waals surface area contributed by atoms with Crippen molar-refractivity contribution in [3.63, 3.8) is 0 Å². The topological polar surface area (TPSA) is 110 Å². The Kier molecular flexibility index (Phi) is 7.36. The number of nitrogens with one attached hydrogen (secondary N) is 1. The summed E-state index contributed by atoms with van der Waals surface area (Å²) in [6, 6.07) is 29.3. The second-order valence-electron chi connectivity index (χ2n) is 10.2. The molecule has 6 rings (SSSR count). The van der Waals surface area contributed by atoms with Gasteiger partial charge in [0.05, 0.1) is 17.4 Å². The van der Waals surface area contributed by atoms with E-state index >= 15 is 0 Å². The van der Waals surface area contributed by atoms with E-state index in [1.165, 1.54) is 0 Å². The number of aromatic amines is 1. The number of hydrogen-bond acceptors (Lipinski definition) is 6. The lowest BCUT2D eigenvalue weighted by molar-refractivity contribution is 0.469. The Morgan fingerprint density at radius 2 is 1.63 bits per heavy atom. The summed E-state index contributed by atoms with van der Waals surface area (Å²) in [4.78, 5) is 18.8. The first-order chi connectivity index (χ1) is 20.1. The van der Waals surface area contributed by atoms with E-state index in [9.17, 15) is 9.90 Å². The molecule has 0 fully saturated rings. The highest BCUT2D eigenvalue weighted by molar-refractivity contribution is 5.80. The fraction of sp³-hybridized carbons (Fsp3) is 0.182. The largest absolute Gasteiger partial charge is 0.508 e. The Bertz CT molecular complexity index is 1860. The summed E-state index contributed by atoms with van der Waals surface area (Å²) in [7, 11) is 0. The highest BCUT2D eigenvalue weighted by atomic mass is 16.3. The lowest BCUT2D eigenvalue weighted by atomic mass is 9.98. The third-order valence-electron chi connectivity index (χ3n) is 7.37. The minimum absolute atomic E-state index is 0.0486. The standard InChI is InChI=1S/C33H30N6O2/c1-2-3-12-31-34-29-18-15-23(19-25-8-4-7-11-30(25)40)20-28(29)33(41)39(31)21-22-13-16-24(17-14-22)26-9-5-6-10-27(26)32-35-37-38-36-32/h4-11,13-18,20,40H,2-3,12,19,21H2,1H3,(H,35,36,37,38). The van der Waals surface area contributed by atoms with Crippen molar-refractivity contribution in [1.29, 1.82) is 0 Å². The molecule has 8 heteroatoms. The molecule has 0 saturated carbocycles. The molecule has 0 aliphatic heterocycles. The van der Waals surface area contributed by atoms with Crippen LogP contribution in [0.5, 0.6) is 5.75 Å². The molecule has 2 aromatic heterocycles. The molecule has 6 aromatic rings. The van der Waals surface area contributed by atoms with Crippen molar-refractivity contribution in [2.24, 2.45) is 0 Å². The molecule has 0 aliphatic rings. The predicted octanol–water partition coefficient (Wildman–Crippen LogP) is 5.93. The van der Waals surface area contributed by atoms with Crippen LogP contribution < -0.4 is 5.56 Å². The van der Waals surface area contributed by atoms with Crippen LogP contribution in [0.3, 0.4) is 0 Å². The average molecular weight is 543 g/mol. The summed E-state index contributed by atoms with van der Waals surface area (Å²) in [5, 5.41) is 25.2. The van der Waals surface area contributed by atoms with Crippen molar-refractivity contribution >= 4 is 10.9 Å². The van der Waals surface area contributed by atoms with Gasteiger partial charge in [-0.2, -0.15) is 0 Å². The molecular weight excluding hydrogens is 512 g/mol. The van der Waals surface area contributed by atoms with Crippen molar-refractivity contribution in [2.75, 3.05) is 0 Å². The summed E-state index contributed by atoms with van der Waals surface area (Å²) in [5.74, 6) is 1.66. The summed E-state index contributed by atoms with van der Waals surface area (Å²) >= 11 is 0. The maximum Gasteiger partial charge on any atom is 0.261 e. The van der Waals surface area contributed by atoms with E-state index in [-0.39, 0.29) is 11.3 Å². The Labute approximate surface area is 237 Å². The van der Waals surface area contributed by atoms with E-state index < -0.39 is 0 Å². The van der Waals surface area contributed by atoms with E-state index in [2.05, 4.69) is 51.8 Å². The number of rotatable bonds is 9. The number of aromatic hydroxyl groups is 1. The fourth-order valence-corrected chi connectivity index (χ4v) is 5.18. The number of nitrogens with zero attached hydrogens (tertiary/aromatic N) is 5. The van der Waals surface area contributed by atoms with Crippen molar-refractivity contribution in [1.82, 2.24) is 30.2 Å². The second kappa shape index (κ2) is 11.6. The molecule has 0 unspecified atom stereocenters. The number of aryl methyl sites for hydroxylation is 1. The van der Waals surface area contributed by atoms with Crippen LogP contribution in [0.4, 0.5) is 0 Å². The number of para-hydroxylation sites is 1. The van der Waals surface area contributed by atoms with E-state index in [1.807, 2.05) is 59.2 Å². The summed E-state index contributed by atoms with van der Waals surface area (Å²) in [6.45, 7) is 2.57. The van der Waals surface area contributed by atoms with Crippen LogP contribution >= 0.6 is 0 Å². The van der Waals surface area contributed by atoms with Gasteiger partial charge in [0, 0.05) is 18.4 Å². The van der Waals surface area contributed by atoms with Crippen molar-refractivity contribution in [3.8, 4) is 28.3 Å². The van der Waals surface area contributed by atoms with Crippen molar-refractivity contribution in [3.05, 3.63) is 124 Å². The van der Waals surface area contributed by atoms with Crippen LogP contribution in [0.2, 0.25) is 0 Å². The maximum atomic E-state index is 13.9. The number of unbranched alkanes of at least 4 members (excludes halogenated alkanes) is 1. The summed E-state index contributed by atoms with van der Waals surface area (Å²) in [5.41, 5.74) is 6.41. The lowest BCUT2D eigenvalue weighted by Crippen LogP contribution is -2.26. The quantitative estimate of drug-likeness (QED) is 0.234. The van der Waals surface area contributed by atoms with Gasteiger partial charge in [0.25, 0.3) is 5.56 Å². The zero-order valence-corrected chi connectivity index (χ0v) is 22.8. The van der Waals surface area contributed by atoms with Crippen LogP contribution in [0.25, 0.3) is 33.4 Å². The van der Waals surface area contributed by atoms with E-state index in [4.69, 9.17) is 4.98 Å². The molecule has 41 heavy (non-hydrogen) atoms. The molecule has 0 saturated heterocycles. The molecule has 0 amide bonds. The van der Waals surface area contributed by atoms with Crippen molar-refractivity contribution < 1.29 is 5.11 Å². The number of benzene rings is 4. The molecule has 0 aliphatic carbocycles. The van der Waals surface area contributed by atoms with Gasteiger partial charge in [-0.05, 0) is 62.9 Å². The molecular formula is C33H30N6O2. The van der Waals surface area contributed by atoms with Gasteiger partial charge in [0.1, 0.15) is 11.6 Å². The molecule has 0 atom stereocenters. The average Bonchev–Trinajstić information content (AvgIpc) is 3.55. The third-order valence-corrected chi connectivity index (χ3v) is 7.37. The number of phenolic OH excluding ortho intramolecular Hbond substituents is 1.